The first kappa shape index (κ1) is 15.4. The van der Waals surface area contributed by atoms with Crippen LogP contribution in [-0.2, 0) is 15.3 Å². The zero-order valence-electron chi connectivity index (χ0n) is 11.4. The van der Waals surface area contributed by atoms with Gasteiger partial charge in [-0.05, 0) is 31.0 Å². The maximum absolute atomic E-state index is 12.1. The van der Waals surface area contributed by atoms with Crippen LogP contribution in [0.3, 0.4) is 0 Å². The fraction of sp³-hybridized carbons (Fsp3) is 0.400. The van der Waals surface area contributed by atoms with Gasteiger partial charge in [-0.3, -0.25) is 0 Å². The van der Waals surface area contributed by atoms with Crippen LogP contribution in [0.2, 0.25) is 10.0 Å². The molecule has 1 aliphatic rings. The second-order valence-corrected chi connectivity index (χ2v) is 5.61. The van der Waals surface area contributed by atoms with Gasteiger partial charge in [0.25, 0.3) is 0 Å². The molecule has 1 aromatic carbocycles. The number of benzene rings is 1. The fourth-order valence-corrected chi connectivity index (χ4v) is 3.04. The highest BCUT2D eigenvalue weighted by Gasteiger charge is 2.41. The molecule has 0 aromatic heterocycles. The van der Waals surface area contributed by atoms with Crippen molar-refractivity contribution >= 4 is 29.2 Å². The van der Waals surface area contributed by atoms with Gasteiger partial charge < -0.3 is 9.84 Å². The smallest absolute Gasteiger partial charge is 0.336 e. The predicted octanol–water partition coefficient (Wildman–Crippen LogP) is 4.20. The lowest BCUT2D eigenvalue weighted by atomic mass is 9.89. The van der Waals surface area contributed by atoms with Crippen LogP contribution in [0.5, 0.6) is 0 Å². The van der Waals surface area contributed by atoms with Crippen molar-refractivity contribution in [1.29, 1.82) is 0 Å². The molecule has 1 N–H and O–H groups in total. The average molecular weight is 315 g/mol. The predicted molar refractivity (Wildman–Crippen MR) is 78.7 cm³/mol. The Morgan fingerprint density at radius 2 is 2.00 bits per heavy atom. The standard InChI is InChI=1S/C15H16Cl2O3/c1-3-9-8-15(19,20-14(18)11(9)4-2)12-6-5-10(16)7-13(12)17/h5-7,19H,3-4,8H2,1-2H3. The lowest BCUT2D eigenvalue weighted by molar-refractivity contribution is -0.215. The van der Waals surface area contributed by atoms with Crippen molar-refractivity contribution in [2.45, 2.75) is 38.9 Å². The van der Waals surface area contributed by atoms with E-state index in [1.165, 1.54) is 6.07 Å². The van der Waals surface area contributed by atoms with Crippen LogP contribution in [-0.4, -0.2) is 11.1 Å². The molecule has 0 spiro atoms. The highest BCUT2D eigenvalue weighted by molar-refractivity contribution is 6.35. The summed E-state index contributed by atoms with van der Waals surface area (Å²) >= 11 is 12.0. The molecule has 2 rings (SSSR count). The molecule has 0 bridgehead atoms. The Balaban J connectivity index is 2.47. The van der Waals surface area contributed by atoms with Crippen molar-refractivity contribution in [2.24, 2.45) is 0 Å². The average Bonchev–Trinajstić information content (AvgIpc) is 2.37. The van der Waals surface area contributed by atoms with E-state index in [1.54, 1.807) is 12.1 Å². The van der Waals surface area contributed by atoms with E-state index < -0.39 is 11.8 Å². The van der Waals surface area contributed by atoms with Gasteiger partial charge in [-0.1, -0.05) is 42.6 Å². The van der Waals surface area contributed by atoms with Crippen LogP contribution < -0.4 is 0 Å². The minimum atomic E-state index is -1.72. The van der Waals surface area contributed by atoms with Gasteiger partial charge in [-0.15, -0.1) is 0 Å². The van der Waals surface area contributed by atoms with E-state index in [-0.39, 0.29) is 11.4 Å². The van der Waals surface area contributed by atoms with E-state index in [0.29, 0.717) is 29.0 Å². The third-order valence-corrected chi connectivity index (χ3v) is 4.07. The molecule has 0 amide bonds. The number of carbonyl (C=O) groups is 1. The maximum atomic E-state index is 12.1. The molecule has 3 nitrogen and oxygen atoms in total. The molecule has 0 saturated heterocycles. The van der Waals surface area contributed by atoms with Gasteiger partial charge in [-0.25, -0.2) is 4.79 Å². The Hall–Kier alpha value is -1.03. The van der Waals surface area contributed by atoms with Crippen molar-refractivity contribution in [3.05, 3.63) is 45.0 Å². The van der Waals surface area contributed by atoms with Crippen molar-refractivity contribution in [3.63, 3.8) is 0 Å². The van der Waals surface area contributed by atoms with Gasteiger partial charge in [0.2, 0.25) is 5.79 Å². The molecule has 0 aliphatic carbocycles. The van der Waals surface area contributed by atoms with Crippen molar-refractivity contribution in [1.82, 2.24) is 0 Å². The number of carbonyl (C=O) groups excluding carboxylic acids is 1. The second-order valence-electron chi connectivity index (χ2n) is 4.76. The lowest BCUT2D eigenvalue weighted by Crippen LogP contribution is -2.37. The summed E-state index contributed by atoms with van der Waals surface area (Å²) in [5, 5.41) is 11.4. The van der Waals surface area contributed by atoms with E-state index in [1.807, 2.05) is 13.8 Å². The molecule has 1 aromatic rings. The first-order valence-corrected chi connectivity index (χ1v) is 7.29. The number of cyclic esters (lactones) is 1. The van der Waals surface area contributed by atoms with E-state index in [2.05, 4.69) is 0 Å². The molecule has 0 fully saturated rings. The third kappa shape index (κ3) is 2.71. The number of halogens is 2. The number of hydrogen-bond acceptors (Lipinski definition) is 3. The monoisotopic (exact) mass is 314 g/mol. The quantitative estimate of drug-likeness (QED) is 0.850. The molecule has 5 heteroatoms. The molecule has 20 heavy (non-hydrogen) atoms. The Kier molecular flexibility index (Phi) is 4.43. The van der Waals surface area contributed by atoms with Gasteiger partial charge in [0, 0.05) is 22.6 Å². The van der Waals surface area contributed by atoms with Crippen molar-refractivity contribution in [3.8, 4) is 0 Å². The summed E-state index contributed by atoms with van der Waals surface area (Å²) in [5.41, 5.74) is 1.90. The van der Waals surface area contributed by atoms with Crippen LogP contribution in [0.25, 0.3) is 0 Å². The Morgan fingerprint density at radius 1 is 1.30 bits per heavy atom. The third-order valence-electron chi connectivity index (χ3n) is 3.52. The number of esters is 1. The summed E-state index contributed by atoms with van der Waals surface area (Å²) in [6, 6.07) is 4.72. The Bertz CT molecular complexity index is 580. The SMILES string of the molecule is CCC1=C(CC)C(=O)OC(O)(c2ccc(Cl)cc2Cl)C1. The Morgan fingerprint density at radius 3 is 2.55 bits per heavy atom. The van der Waals surface area contributed by atoms with Crippen LogP contribution >= 0.6 is 23.2 Å². The largest absolute Gasteiger partial charge is 0.425 e. The summed E-state index contributed by atoms with van der Waals surface area (Å²) in [6.07, 6.45) is 1.51. The van der Waals surface area contributed by atoms with Gasteiger partial charge >= 0.3 is 5.97 Å². The van der Waals surface area contributed by atoms with Crippen LogP contribution in [0.1, 0.15) is 38.7 Å². The topological polar surface area (TPSA) is 46.5 Å². The molecule has 1 atom stereocenters. The van der Waals surface area contributed by atoms with E-state index >= 15 is 0 Å². The molecule has 1 unspecified atom stereocenters. The van der Waals surface area contributed by atoms with Crippen LogP contribution in [0.15, 0.2) is 29.3 Å². The highest BCUT2D eigenvalue weighted by atomic mass is 35.5. The first-order chi connectivity index (χ1) is 9.41. The Labute approximate surface area is 128 Å². The van der Waals surface area contributed by atoms with Crippen molar-refractivity contribution in [2.75, 3.05) is 0 Å². The van der Waals surface area contributed by atoms with E-state index in [9.17, 15) is 9.90 Å². The maximum Gasteiger partial charge on any atom is 0.336 e. The summed E-state index contributed by atoms with van der Waals surface area (Å²) in [7, 11) is 0. The number of aliphatic hydroxyl groups is 1. The second kappa shape index (κ2) is 5.76. The number of hydrogen-bond donors (Lipinski definition) is 1. The highest BCUT2D eigenvalue weighted by Crippen LogP contribution is 2.41. The number of rotatable bonds is 3. The summed E-state index contributed by atoms with van der Waals surface area (Å²) in [6.45, 7) is 3.85. The molecule has 1 aliphatic heterocycles. The van der Waals surface area contributed by atoms with Gasteiger partial charge in [0.05, 0.1) is 5.02 Å². The molecule has 108 valence electrons. The molecular weight excluding hydrogens is 299 g/mol. The van der Waals surface area contributed by atoms with Crippen LogP contribution in [0, 0.1) is 0 Å². The summed E-state index contributed by atoms with van der Waals surface area (Å²) < 4.78 is 5.25. The zero-order valence-corrected chi connectivity index (χ0v) is 12.9. The van der Waals surface area contributed by atoms with E-state index in [4.69, 9.17) is 27.9 Å². The summed E-state index contributed by atoms with van der Waals surface area (Å²) in [4.78, 5) is 12.1. The summed E-state index contributed by atoms with van der Waals surface area (Å²) in [5.74, 6) is -2.20. The normalized spacial score (nSPS) is 22.9. The fourth-order valence-electron chi connectivity index (χ4n) is 2.48. The van der Waals surface area contributed by atoms with E-state index in [0.717, 1.165) is 5.57 Å². The minimum absolute atomic E-state index is 0.236. The molecule has 0 saturated carbocycles. The van der Waals surface area contributed by atoms with Gasteiger partial charge in [-0.2, -0.15) is 0 Å². The van der Waals surface area contributed by atoms with Crippen molar-refractivity contribution < 1.29 is 14.6 Å². The molecule has 1 heterocycles. The number of ether oxygens (including phenoxy) is 1. The first-order valence-electron chi connectivity index (χ1n) is 6.53. The minimum Gasteiger partial charge on any atom is -0.425 e. The molecular formula is C15H16Cl2O3. The van der Waals surface area contributed by atoms with Gasteiger partial charge in [0.1, 0.15) is 0 Å². The van der Waals surface area contributed by atoms with Gasteiger partial charge in [0.15, 0.2) is 0 Å². The molecule has 0 radical (unpaired) electrons. The lowest BCUT2D eigenvalue weighted by Gasteiger charge is -2.34. The van der Waals surface area contributed by atoms with Crippen LogP contribution in [0.4, 0.5) is 0 Å². The zero-order chi connectivity index (χ0) is 14.9.